The van der Waals surface area contributed by atoms with Crippen molar-refractivity contribution in [2.75, 3.05) is 5.32 Å². The van der Waals surface area contributed by atoms with Gasteiger partial charge in [-0.2, -0.15) is 4.98 Å². The van der Waals surface area contributed by atoms with Gasteiger partial charge in [-0.1, -0.05) is 18.2 Å². The molecule has 1 heterocycles. The number of anilines is 1. The lowest BCUT2D eigenvalue weighted by molar-refractivity contribution is -0.384. The van der Waals surface area contributed by atoms with Crippen LogP contribution in [0, 0.1) is 10.1 Å². The van der Waals surface area contributed by atoms with Crippen molar-refractivity contribution >= 4 is 23.1 Å². The third-order valence-electron chi connectivity index (χ3n) is 2.37. The van der Waals surface area contributed by atoms with Gasteiger partial charge in [0, 0.05) is 12.1 Å². The standard InChI is InChI=1S/C11H9ClN4O3/c12-11-14-6-8(16(18)19)10(15-11)13-5-7-3-1-2-4-9(7)17/h1-4,6,17H,5H2,(H,13,14,15). The fourth-order valence-electron chi connectivity index (χ4n) is 1.46. The number of phenolic OH excluding ortho intramolecular Hbond substituents is 1. The van der Waals surface area contributed by atoms with Gasteiger partial charge in [-0.25, -0.2) is 4.98 Å². The Balaban J connectivity index is 2.22. The molecule has 0 bridgehead atoms. The summed E-state index contributed by atoms with van der Waals surface area (Å²) in [6.45, 7) is 0.181. The van der Waals surface area contributed by atoms with Gasteiger partial charge in [0.25, 0.3) is 0 Å². The minimum absolute atomic E-state index is 0.00764. The van der Waals surface area contributed by atoms with Crippen LogP contribution in [0.25, 0.3) is 0 Å². The van der Waals surface area contributed by atoms with Crippen molar-refractivity contribution in [3.05, 3.63) is 51.4 Å². The SMILES string of the molecule is O=[N+]([O-])c1cnc(Cl)nc1NCc1ccccc1O. The largest absolute Gasteiger partial charge is 0.508 e. The number of para-hydroxylation sites is 1. The Kier molecular flexibility index (Phi) is 3.76. The van der Waals surface area contributed by atoms with Crippen LogP contribution in [-0.2, 0) is 6.54 Å². The highest BCUT2D eigenvalue weighted by molar-refractivity contribution is 6.28. The number of nitrogens with one attached hydrogen (secondary N) is 1. The molecule has 0 fully saturated rings. The third-order valence-corrected chi connectivity index (χ3v) is 2.56. The molecule has 98 valence electrons. The van der Waals surface area contributed by atoms with E-state index in [-0.39, 0.29) is 29.1 Å². The van der Waals surface area contributed by atoms with Crippen LogP contribution in [0.2, 0.25) is 5.28 Å². The minimum atomic E-state index is -0.608. The fraction of sp³-hybridized carbons (Fsp3) is 0.0909. The van der Waals surface area contributed by atoms with Crippen molar-refractivity contribution in [3.63, 3.8) is 0 Å². The van der Waals surface area contributed by atoms with Crippen LogP contribution in [0.5, 0.6) is 5.75 Å². The second-order valence-electron chi connectivity index (χ2n) is 3.61. The number of hydrogen-bond acceptors (Lipinski definition) is 6. The van der Waals surface area contributed by atoms with E-state index >= 15 is 0 Å². The van der Waals surface area contributed by atoms with E-state index < -0.39 is 4.92 Å². The normalized spacial score (nSPS) is 10.2. The quantitative estimate of drug-likeness (QED) is 0.506. The number of nitro groups is 1. The Morgan fingerprint density at radius 2 is 2.16 bits per heavy atom. The number of aromatic hydroxyl groups is 1. The van der Waals surface area contributed by atoms with Crippen molar-refractivity contribution in [3.8, 4) is 5.75 Å². The summed E-state index contributed by atoms with van der Waals surface area (Å²) in [6, 6.07) is 6.65. The summed E-state index contributed by atoms with van der Waals surface area (Å²) in [5.41, 5.74) is 0.311. The van der Waals surface area contributed by atoms with Gasteiger partial charge in [0.2, 0.25) is 11.1 Å². The number of aromatic nitrogens is 2. The van der Waals surface area contributed by atoms with Crippen LogP contribution in [0.3, 0.4) is 0 Å². The maximum Gasteiger partial charge on any atom is 0.329 e. The highest BCUT2D eigenvalue weighted by atomic mass is 35.5. The van der Waals surface area contributed by atoms with Crippen molar-refractivity contribution in [2.24, 2.45) is 0 Å². The van der Waals surface area contributed by atoms with Crippen LogP contribution in [-0.4, -0.2) is 20.0 Å². The average Bonchev–Trinajstić information content (AvgIpc) is 2.37. The highest BCUT2D eigenvalue weighted by Gasteiger charge is 2.16. The van der Waals surface area contributed by atoms with Crippen LogP contribution >= 0.6 is 11.6 Å². The first-order valence-corrected chi connectivity index (χ1v) is 5.63. The molecule has 0 saturated carbocycles. The van der Waals surface area contributed by atoms with E-state index in [1.165, 1.54) is 6.07 Å². The minimum Gasteiger partial charge on any atom is -0.508 e. The van der Waals surface area contributed by atoms with Crippen molar-refractivity contribution in [1.29, 1.82) is 0 Å². The molecule has 0 aliphatic carbocycles. The van der Waals surface area contributed by atoms with E-state index in [0.29, 0.717) is 5.56 Å². The number of phenols is 1. The summed E-state index contributed by atoms with van der Waals surface area (Å²) in [5, 5.41) is 23.1. The van der Waals surface area contributed by atoms with E-state index in [1.54, 1.807) is 18.2 Å². The molecule has 2 aromatic rings. The fourth-order valence-corrected chi connectivity index (χ4v) is 1.59. The molecule has 1 aromatic heterocycles. The monoisotopic (exact) mass is 280 g/mol. The number of hydrogen-bond donors (Lipinski definition) is 2. The summed E-state index contributed by atoms with van der Waals surface area (Å²) in [4.78, 5) is 17.5. The maximum atomic E-state index is 10.8. The van der Waals surface area contributed by atoms with Gasteiger partial charge in [0.05, 0.1) is 4.92 Å². The molecule has 0 unspecified atom stereocenters. The molecular weight excluding hydrogens is 272 g/mol. The molecule has 0 amide bonds. The van der Waals surface area contributed by atoms with E-state index in [4.69, 9.17) is 11.6 Å². The Bertz CT molecular complexity index is 621. The predicted molar refractivity (Wildman–Crippen MR) is 69.1 cm³/mol. The zero-order valence-corrected chi connectivity index (χ0v) is 10.3. The molecule has 7 nitrogen and oxygen atoms in total. The third kappa shape index (κ3) is 3.08. The van der Waals surface area contributed by atoms with E-state index in [1.807, 2.05) is 0 Å². The molecule has 1 aromatic carbocycles. The first-order chi connectivity index (χ1) is 9.08. The van der Waals surface area contributed by atoms with Gasteiger partial charge in [0.15, 0.2) is 0 Å². The van der Waals surface area contributed by atoms with Gasteiger partial charge in [-0.05, 0) is 17.7 Å². The second kappa shape index (κ2) is 5.49. The van der Waals surface area contributed by atoms with Crippen LogP contribution in [0.4, 0.5) is 11.5 Å². The molecular formula is C11H9ClN4O3. The summed E-state index contributed by atoms with van der Waals surface area (Å²) in [5.74, 6) is 0.103. The van der Waals surface area contributed by atoms with Gasteiger partial charge < -0.3 is 10.4 Å². The van der Waals surface area contributed by atoms with E-state index in [0.717, 1.165) is 6.20 Å². The lowest BCUT2D eigenvalue weighted by atomic mass is 10.2. The molecule has 0 atom stereocenters. The van der Waals surface area contributed by atoms with Crippen LogP contribution < -0.4 is 5.32 Å². The van der Waals surface area contributed by atoms with E-state index in [2.05, 4.69) is 15.3 Å². The Morgan fingerprint density at radius 1 is 1.42 bits per heavy atom. The number of nitrogens with zero attached hydrogens (tertiary/aromatic N) is 3. The summed E-state index contributed by atoms with van der Waals surface area (Å²) >= 11 is 5.60. The van der Waals surface area contributed by atoms with Gasteiger partial charge in [-0.3, -0.25) is 10.1 Å². The molecule has 8 heteroatoms. The summed E-state index contributed by atoms with van der Waals surface area (Å²) in [6.07, 6.45) is 1.03. The molecule has 19 heavy (non-hydrogen) atoms. The first-order valence-electron chi connectivity index (χ1n) is 5.25. The zero-order valence-electron chi connectivity index (χ0n) is 9.58. The van der Waals surface area contributed by atoms with E-state index in [9.17, 15) is 15.2 Å². The molecule has 0 aliphatic heterocycles. The predicted octanol–water partition coefficient (Wildman–Crippen LogP) is 2.36. The number of halogens is 1. The topological polar surface area (TPSA) is 101 Å². The first kappa shape index (κ1) is 13.0. The number of rotatable bonds is 4. The lowest BCUT2D eigenvalue weighted by Crippen LogP contribution is -2.05. The average molecular weight is 281 g/mol. The molecule has 2 rings (SSSR count). The zero-order chi connectivity index (χ0) is 13.8. The molecule has 0 saturated heterocycles. The van der Waals surface area contributed by atoms with Crippen molar-refractivity contribution in [1.82, 2.24) is 9.97 Å². The van der Waals surface area contributed by atoms with Crippen molar-refractivity contribution < 1.29 is 10.0 Å². The Morgan fingerprint density at radius 3 is 2.84 bits per heavy atom. The van der Waals surface area contributed by atoms with Crippen LogP contribution in [0.15, 0.2) is 30.5 Å². The Hall–Kier alpha value is -2.41. The molecule has 0 aliphatic rings. The summed E-state index contributed by atoms with van der Waals surface area (Å²) < 4.78 is 0. The summed E-state index contributed by atoms with van der Waals surface area (Å²) in [7, 11) is 0. The van der Waals surface area contributed by atoms with Gasteiger partial charge in [-0.15, -0.1) is 0 Å². The number of benzene rings is 1. The molecule has 0 spiro atoms. The van der Waals surface area contributed by atoms with Crippen LogP contribution in [0.1, 0.15) is 5.56 Å². The van der Waals surface area contributed by atoms with Crippen molar-refractivity contribution in [2.45, 2.75) is 6.54 Å². The lowest BCUT2D eigenvalue weighted by Gasteiger charge is -2.07. The van der Waals surface area contributed by atoms with Gasteiger partial charge in [0.1, 0.15) is 11.9 Å². The van der Waals surface area contributed by atoms with Gasteiger partial charge >= 0.3 is 5.69 Å². The maximum absolute atomic E-state index is 10.8. The second-order valence-corrected chi connectivity index (χ2v) is 3.95. The Labute approximate surface area is 113 Å². The molecule has 2 N–H and O–H groups in total. The highest BCUT2D eigenvalue weighted by Crippen LogP contribution is 2.24. The smallest absolute Gasteiger partial charge is 0.329 e. The molecule has 0 radical (unpaired) electrons.